The van der Waals surface area contributed by atoms with Gasteiger partial charge < -0.3 is 15.6 Å². The first kappa shape index (κ1) is 16.8. The first-order valence-corrected chi connectivity index (χ1v) is 8.88. The summed E-state index contributed by atoms with van der Waals surface area (Å²) in [5.41, 5.74) is 8.47. The minimum absolute atomic E-state index is 0.00984. The number of amides is 1. The van der Waals surface area contributed by atoms with Gasteiger partial charge in [0.15, 0.2) is 0 Å². The van der Waals surface area contributed by atoms with Gasteiger partial charge in [0.1, 0.15) is 5.82 Å². The Bertz CT molecular complexity index is 936. The van der Waals surface area contributed by atoms with Crippen LogP contribution in [0.25, 0.3) is 22.0 Å². The molecule has 1 aliphatic rings. The van der Waals surface area contributed by atoms with E-state index in [-0.39, 0.29) is 17.8 Å². The summed E-state index contributed by atoms with van der Waals surface area (Å²) in [6, 6.07) is 4.56. The number of halogens is 1. The summed E-state index contributed by atoms with van der Waals surface area (Å²) in [6.07, 6.45) is 7.47. The molecule has 6 nitrogen and oxygen atoms in total. The average molecular weight is 355 g/mol. The van der Waals surface area contributed by atoms with E-state index < -0.39 is 6.04 Å². The van der Waals surface area contributed by atoms with E-state index in [2.05, 4.69) is 10.1 Å². The number of likely N-dealkylation sites (tertiary alicyclic amines) is 1. The summed E-state index contributed by atoms with van der Waals surface area (Å²) in [5.74, 6) is -0.245. The number of piperidine rings is 1. The number of carbonyl (C=O) groups is 1. The van der Waals surface area contributed by atoms with Crippen LogP contribution in [0.4, 0.5) is 4.39 Å². The number of fused-ring (bicyclic) bond motifs is 1. The Morgan fingerprint density at radius 3 is 2.88 bits per heavy atom. The molecule has 4 rings (SSSR count). The molecule has 3 heterocycles. The quantitative estimate of drug-likeness (QED) is 0.758. The fourth-order valence-corrected chi connectivity index (χ4v) is 3.65. The number of benzene rings is 1. The molecule has 1 fully saturated rings. The summed E-state index contributed by atoms with van der Waals surface area (Å²) in [6.45, 7) is 3.13. The van der Waals surface area contributed by atoms with Gasteiger partial charge >= 0.3 is 0 Å². The second-order valence-electron chi connectivity index (χ2n) is 6.95. The third kappa shape index (κ3) is 2.99. The Morgan fingerprint density at radius 1 is 1.38 bits per heavy atom. The molecule has 0 unspecified atom stereocenters. The lowest BCUT2D eigenvalue weighted by Gasteiger charge is -2.33. The first-order valence-electron chi connectivity index (χ1n) is 8.88. The molecule has 1 aromatic carbocycles. The number of nitrogens with one attached hydrogen (secondary N) is 1. The number of aromatic nitrogens is 3. The molecule has 1 amide bonds. The number of nitrogens with zero attached hydrogens (tertiary/aromatic N) is 3. The average Bonchev–Trinajstić information content (AvgIpc) is 3.27. The number of hydrogen-bond acceptors (Lipinski definition) is 3. The van der Waals surface area contributed by atoms with E-state index in [4.69, 9.17) is 5.73 Å². The van der Waals surface area contributed by atoms with E-state index in [1.165, 1.54) is 12.1 Å². The number of aromatic amines is 1. The Morgan fingerprint density at radius 2 is 2.15 bits per heavy atom. The predicted molar refractivity (Wildman–Crippen MR) is 98.0 cm³/mol. The van der Waals surface area contributed by atoms with E-state index >= 15 is 0 Å². The second kappa shape index (κ2) is 6.57. The zero-order chi connectivity index (χ0) is 18.3. The summed E-state index contributed by atoms with van der Waals surface area (Å²) in [4.78, 5) is 16.9. The lowest BCUT2D eigenvalue weighted by atomic mass is 10.0. The summed E-state index contributed by atoms with van der Waals surface area (Å²) >= 11 is 0. The van der Waals surface area contributed by atoms with E-state index in [0.29, 0.717) is 13.1 Å². The maximum Gasteiger partial charge on any atom is 0.239 e. The van der Waals surface area contributed by atoms with Crippen molar-refractivity contribution in [2.24, 2.45) is 5.73 Å². The van der Waals surface area contributed by atoms with Crippen LogP contribution in [0, 0.1) is 5.82 Å². The maximum atomic E-state index is 13.4. The highest BCUT2D eigenvalue weighted by Crippen LogP contribution is 2.30. The topological polar surface area (TPSA) is 79.9 Å². The third-order valence-electron chi connectivity index (χ3n) is 5.10. The molecular formula is C19H22FN5O. The lowest BCUT2D eigenvalue weighted by Crippen LogP contribution is -2.46. The smallest absolute Gasteiger partial charge is 0.239 e. The molecule has 0 spiro atoms. The van der Waals surface area contributed by atoms with Crippen molar-refractivity contribution in [1.82, 2.24) is 19.7 Å². The van der Waals surface area contributed by atoms with Crippen molar-refractivity contribution in [2.75, 3.05) is 13.1 Å². The predicted octanol–water partition coefficient (Wildman–Crippen LogP) is 2.68. The Balaban J connectivity index is 1.51. The van der Waals surface area contributed by atoms with Gasteiger partial charge in [0.05, 0.1) is 18.3 Å². The summed E-state index contributed by atoms with van der Waals surface area (Å²) < 4.78 is 15.3. The SMILES string of the molecule is C[C@H](N)C(=O)N1CCC(n2cc(-c3c[nH]c4cc(F)ccc34)cn2)CC1. The molecule has 0 saturated carbocycles. The van der Waals surface area contributed by atoms with Crippen LogP contribution in [0.2, 0.25) is 0 Å². The first-order chi connectivity index (χ1) is 12.5. The van der Waals surface area contributed by atoms with Gasteiger partial charge in [0, 0.05) is 47.5 Å². The minimum Gasteiger partial charge on any atom is -0.360 e. The highest BCUT2D eigenvalue weighted by molar-refractivity contribution is 5.95. The lowest BCUT2D eigenvalue weighted by molar-refractivity contribution is -0.133. The number of hydrogen-bond donors (Lipinski definition) is 2. The van der Waals surface area contributed by atoms with Crippen molar-refractivity contribution in [2.45, 2.75) is 31.8 Å². The summed E-state index contributed by atoms with van der Waals surface area (Å²) in [5, 5.41) is 5.50. The van der Waals surface area contributed by atoms with Crippen LogP contribution >= 0.6 is 0 Å². The molecular weight excluding hydrogens is 333 g/mol. The van der Waals surface area contributed by atoms with Gasteiger partial charge in [-0.15, -0.1) is 0 Å². The van der Waals surface area contributed by atoms with Crippen LogP contribution in [0.15, 0.2) is 36.8 Å². The van der Waals surface area contributed by atoms with Crippen LogP contribution in [0.5, 0.6) is 0 Å². The van der Waals surface area contributed by atoms with E-state index in [0.717, 1.165) is 34.9 Å². The van der Waals surface area contributed by atoms with Crippen LogP contribution in [0.1, 0.15) is 25.8 Å². The largest absolute Gasteiger partial charge is 0.360 e. The van der Waals surface area contributed by atoms with E-state index in [9.17, 15) is 9.18 Å². The standard InChI is InChI=1S/C19H22FN5O/c1-12(21)19(26)24-6-4-15(5-7-24)25-11-13(9-23-25)17-10-22-18-8-14(20)2-3-16(17)18/h2-3,8-12,15,22H,4-7,21H2,1H3/t12-/m0/s1. The zero-order valence-corrected chi connectivity index (χ0v) is 14.7. The van der Waals surface area contributed by atoms with Gasteiger partial charge in [-0.1, -0.05) is 0 Å². The highest BCUT2D eigenvalue weighted by atomic mass is 19.1. The van der Waals surface area contributed by atoms with Crippen LogP contribution in [-0.2, 0) is 4.79 Å². The molecule has 7 heteroatoms. The fourth-order valence-electron chi connectivity index (χ4n) is 3.65. The molecule has 0 bridgehead atoms. The third-order valence-corrected chi connectivity index (χ3v) is 5.10. The molecule has 1 saturated heterocycles. The Kier molecular flexibility index (Phi) is 4.24. The van der Waals surface area contributed by atoms with Crippen molar-refractivity contribution in [1.29, 1.82) is 0 Å². The molecule has 0 aliphatic carbocycles. The van der Waals surface area contributed by atoms with Crippen molar-refractivity contribution in [3.8, 4) is 11.1 Å². The Labute approximate surface area is 150 Å². The van der Waals surface area contributed by atoms with Crippen molar-refractivity contribution in [3.05, 3.63) is 42.6 Å². The minimum atomic E-state index is -0.449. The number of nitrogens with two attached hydrogens (primary N) is 1. The second-order valence-corrected chi connectivity index (χ2v) is 6.95. The molecule has 2 aromatic heterocycles. The van der Waals surface area contributed by atoms with E-state index in [1.807, 2.05) is 28.2 Å². The number of rotatable bonds is 3. The van der Waals surface area contributed by atoms with Crippen LogP contribution in [-0.4, -0.2) is 44.7 Å². The van der Waals surface area contributed by atoms with Crippen molar-refractivity contribution in [3.63, 3.8) is 0 Å². The molecule has 3 N–H and O–H groups in total. The maximum absolute atomic E-state index is 13.4. The Hall–Kier alpha value is -2.67. The zero-order valence-electron chi connectivity index (χ0n) is 14.7. The van der Waals surface area contributed by atoms with Crippen molar-refractivity contribution >= 4 is 16.8 Å². The van der Waals surface area contributed by atoms with Gasteiger partial charge in [-0.25, -0.2) is 4.39 Å². The van der Waals surface area contributed by atoms with Gasteiger partial charge in [-0.3, -0.25) is 9.48 Å². The molecule has 1 atom stereocenters. The number of carbonyl (C=O) groups excluding carboxylic acids is 1. The molecule has 136 valence electrons. The molecule has 1 aliphatic heterocycles. The normalized spacial score (nSPS) is 17.0. The van der Waals surface area contributed by atoms with Crippen LogP contribution < -0.4 is 5.73 Å². The monoisotopic (exact) mass is 355 g/mol. The fraction of sp³-hybridized carbons (Fsp3) is 0.368. The molecule has 0 radical (unpaired) electrons. The van der Waals surface area contributed by atoms with Gasteiger partial charge in [0.25, 0.3) is 0 Å². The highest BCUT2D eigenvalue weighted by Gasteiger charge is 2.26. The molecule has 3 aromatic rings. The summed E-state index contributed by atoms with van der Waals surface area (Å²) in [7, 11) is 0. The van der Waals surface area contributed by atoms with Gasteiger partial charge in [0.2, 0.25) is 5.91 Å². The number of H-pyrrole nitrogens is 1. The van der Waals surface area contributed by atoms with Crippen LogP contribution in [0.3, 0.4) is 0 Å². The molecule has 26 heavy (non-hydrogen) atoms. The van der Waals surface area contributed by atoms with Gasteiger partial charge in [-0.05, 0) is 38.0 Å². The van der Waals surface area contributed by atoms with Gasteiger partial charge in [-0.2, -0.15) is 5.10 Å². The van der Waals surface area contributed by atoms with Crippen molar-refractivity contribution < 1.29 is 9.18 Å². The van der Waals surface area contributed by atoms with E-state index in [1.54, 1.807) is 13.0 Å².